The molecule has 0 atom stereocenters. The summed E-state index contributed by atoms with van der Waals surface area (Å²) in [5, 5.41) is 17.3. The van der Waals surface area contributed by atoms with Crippen LogP contribution in [0.1, 0.15) is 17.3 Å². The number of aryl methyl sites for hydroxylation is 1. The standard InChI is InChI=1S/C20H19N5O3S/c1-3-9-25-17(12-27-15-7-4-6-14(2)11-15)21-24-20(25)29-13-18-22-23-19(28-18)16-8-5-10-26-16/h3-8,10-11H,1,9,12-13H2,2H3. The maximum absolute atomic E-state index is 5.86. The average molecular weight is 409 g/mol. The molecule has 8 nitrogen and oxygen atoms in total. The second kappa shape index (κ2) is 8.78. The second-order valence-electron chi connectivity index (χ2n) is 6.17. The number of allylic oxidation sites excluding steroid dienone is 1. The lowest BCUT2D eigenvalue weighted by Gasteiger charge is -2.09. The van der Waals surface area contributed by atoms with Gasteiger partial charge in [-0.3, -0.25) is 4.57 Å². The van der Waals surface area contributed by atoms with Gasteiger partial charge in [0.05, 0.1) is 12.0 Å². The summed E-state index contributed by atoms with van der Waals surface area (Å²) in [4.78, 5) is 0. The summed E-state index contributed by atoms with van der Waals surface area (Å²) in [7, 11) is 0. The van der Waals surface area contributed by atoms with E-state index in [2.05, 4.69) is 27.0 Å². The van der Waals surface area contributed by atoms with E-state index in [1.54, 1.807) is 24.5 Å². The minimum absolute atomic E-state index is 0.314. The predicted molar refractivity (Wildman–Crippen MR) is 107 cm³/mol. The van der Waals surface area contributed by atoms with E-state index in [1.807, 2.05) is 35.8 Å². The second-order valence-corrected chi connectivity index (χ2v) is 7.11. The van der Waals surface area contributed by atoms with Crippen molar-refractivity contribution in [2.24, 2.45) is 0 Å². The van der Waals surface area contributed by atoms with Crippen molar-refractivity contribution in [3.63, 3.8) is 0 Å². The van der Waals surface area contributed by atoms with Crippen LogP contribution in [0.2, 0.25) is 0 Å². The summed E-state index contributed by atoms with van der Waals surface area (Å²) in [6, 6.07) is 11.4. The molecule has 0 aliphatic rings. The molecule has 4 aromatic rings. The maximum Gasteiger partial charge on any atom is 0.283 e. The average Bonchev–Trinajstić information content (AvgIpc) is 3.46. The molecule has 0 spiro atoms. The number of rotatable bonds is 9. The van der Waals surface area contributed by atoms with Crippen molar-refractivity contribution < 1.29 is 13.6 Å². The van der Waals surface area contributed by atoms with Crippen molar-refractivity contribution in [1.82, 2.24) is 25.0 Å². The molecule has 0 unspecified atom stereocenters. The Bertz CT molecular complexity index is 1090. The molecule has 0 fully saturated rings. The first-order chi connectivity index (χ1) is 14.2. The highest BCUT2D eigenvalue weighted by Gasteiger charge is 2.15. The number of furan rings is 1. The van der Waals surface area contributed by atoms with Crippen LogP contribution in [0.4, 0.5) is 0 Å². The van der Waals surface area contributed by atoms with Gasteiger partial charge in [-0.25, -0.2) is 0 Å². The van der Waals surface area contributed by atoms with E-state index >= 15 is 0 Å². The molecule has 3 heterocycles. The quantitative estimate of drug-likeness (QED) is 0.299. The summed E-state index contributed by atoms with van der Waals surface area (Å²) in [6.07, 6.45) is 3.36. The highest BCUT2D eigenvalue weighted by atomic mass is 32.2. The molecule has 0 aliphatic carbocycles. The van der Waals surface area contributed by atoms with Crippen molar-refractivity contribution in [3.05, 3.63) is 72.6 Å². The number of nitrogens with zero attached hydrogens (tertiary/aromatic N) is 5. The van der Waals surface area contributed by atoms with Gasteiger partial charge in [0.1, 0.15) is 12.4 Å². The van der Waals surface area contributed by atoms with E-state index in [1.165, 1.54) is 11.8 Å². The summed E-state index contributed by atoms with van der Waals surface area (Å²) in [5.41, 5.74) is 1.14. The minimum atomic E-state index is 0.314. The molecule has 0 bridgehead atoms. The molecule has 0 saturated carbocycles. The van der Waals surface area contributed by atoms with Crippen molar-refractivity contribution >= 4 is 11.8 Å². The Morgan fingerprint density at radius 2 is 2.10 bits per heavy atom. The van der Waals surface area contributed by atoms with Crippen LogP contribution in [0, 0.1) is 6.92 Å². The number of aromatic nitrogens is 5. The molecular formula is C20H19N5O3S. The number of hydrogen-bond donors (Lipinski definition) is 0. The zero-order chi connectivity index (χ0) is 20.1. The zero-order valence-corrected chi connectivity index (χ0v) is 16.6. The number of hydrogen-bond acceptors (Lipinski definition) is 8. The molecule has 4 rings (SSSR count). The van der Waals surface area contributed by atoms with Crippen molar-refractivity contribution in [2.45, 2.75) is 31.0 Å². The highest BCUT2D eigenvalue weighted by molar-refractivity contribution is 7.98. The number of thioether (sulfide) groups is 1. The monoisotopic (exact) mass is 409 g/mol. The molecule has 148 valence electrons. The molecule has 0 amide bonds. The minimum Gasteiger partial charge on any atom is -0.486 e. The smallest absolute Gasteiger partial charge is 0.283 e. The first-order valence-electron chi connectivity index (χ1n) is 8.94. The lowest BCUT2D eigenvalue weighted by Crippen LogP contribution is -2.07. The first kappa shape index (κ1) is 19.0. The van der Waals surface area contributed by atoms with Gasteiger partial charge in [0, 0.05) is 6.54 Å². The van der Waals surface area contributed by atoms with Gasteiger partial charge in [0.2, 0.25) is 5.89 Å². The molecule has 9 heteroatoms. The molecule has 0 saturated heterocycles. The predicted octanol–water partition coefficient (Wildman–Crippen LogP) is 4.29. The molecule has 0 radical (unpaired) electrons. The van der Waals surface area contributed by atoms with Crippen LogP contribution in [0.3, 0.4) is 0 Å². The normalized spacial score (nSPS) is 10.9. The van der Waals surface area contributed by atoms with Gasteiger partial charge in [0.25, 0.3) is 5.89 Å². The SMILES string of the molecule is C=CCn1c(COc2cccc(C)c2)nnc1SCc1nnc(-c2ccco2)o1. The Labute approximate surface area is 171 Å². The molecule has 0 aliphatic heterocycles. The van der Waals surface area contributed by atoms with Crippen molar-refractivity contribution in [2.75, 3.05) is 0 Å². The van der Waals surface area contributed by atoms with Crippen LogP contribution in [-0.4, -0.2) is 25.0 Å². The molecular weight excluding hydrogens is 390 g/mol. The fourth-order valence-corrected chi connectivity index (χ4v) is 3.44. The van der Waals surface area contributed by atoms with Gasteiger partial charge in [0.15, 0.2) is 16.7 Å². The highest BCUT2D eigenvalue weighted by Crippen LogP contribution is 2.25. The first-order valence-corrected chi connectivity index (χ1v) is 9.93. The molecule has 0 N–H and O–H groups in total. The van der Waals surface area contributed by atoms with Crippen LogP contribution < -0.4 is 4.74 Å². The Balaban J connectivity index is 1.43. The van der Waals surface area contributed by atoms with E-state index in [9.17, 15) is 0 Å². The third-order valence-corrected chi connectivity index (χ3v) is 4.94. The maximum atomic E-state index is 5.86. The van der Waals surface area contributed by atoms with Crippen LogP contribution in [0.25, 0.3) is 11.7 Å². The fourth-order valence-electron chi connectivity index (χ4n) is 2.64. The summed E-state index contributed by atoms with van der Waals surface area (Å²) in [6.45, 7) is 6.73. The summed E-state index contributed by atoms with van der Waals surface area (Å²) < 4.78 is 18.7. The van der Waals surface area contributed by atoms with Gasteiger partial charge in [-0.2, -0.15) is 0 Å². The van der Waals surface area contributed by atoms with Gasteiger partial charge in [-0.05, 0) is 36.8 Å². The largest absolute Gasteiger partial charge is 0.486 e. The fraction of sp³-hybridized carbons (Fsp3) is 0.200. The van der Waals surface area contributed by atoms with E-state index in [0.717, 1.165) is 22.3 Å². The van der Waals surface area contributed by atoms with Crippen LogP contribution in [0.15, 0.2) is 69.3 Å². The third-order valence-electron chi connectivity index (χ3n) is 3.99. The van der Waals surface area contributed by atoms with Crippen LogP contribution >= 0.6 is 11.8 Å². The molecule has 29 heavy (non-hydrogen) atoms. The lowest BCUT2D eigenvalue weighted by molar-refractivity contribution is 0.289. The van der Waals surface area contributed by atoms with E-state index in [0.29, 0.717) is 36.4 Å². The van der Waals surface area contributed by atoms with E-state index in [-0.39, 0.29) is 0 Å². The Morgan fingerprint density at radius 1 is 1.17 bits per heavy atom. The van der Waals surface area contributed by atoms with Gasteiger partial charge >= 0.3 is 0 Å². The van der Waals surface area contributed by atoms with Gasteiger partial charge < -0.3 is 13.6 Å². The molecule has 3 aromatic heterocycles. The Morgan fingerprint density at radius 3 is 2.90 bits per heavy atom. The summed E-state index contributed by atoms with van der Waals surface area (Å²) >= 11 is 1.45. The van der Waals surface area contributed by atoms with Crippen molar-refractivity contribution in [3.8, 4) is 17.4 Å². The van der Waals surface area contributed by atoms with Crippen molar-refractivity contribution in [1.29, 1.82) is 0 Å². The lowest BCUT2D eigenvalue weighted by atomic mass is 10.2. The molecule has 1 aromatic carbocycles. The van der Waals surface area contributed by atoms with E-state index < -0.39 is 0 Å². The Kier molecular flexibility index (Phi) is 5.76. The zero-order valence-electron chi connectivity index (χ0n) is 15.8. The van der Waals surface area contributed by atoms with Crippen LogP contribution in [-0.2, 0) is 18.9 Å². The topological polar surface area (TPSA) is 92.0 Å². The van der Waals surface area contributed by atoms with Gasteiger partial charge in [-0.1, -0.05) is 30.0 Å². The van der Waals surface area contributed by atoms with Crippen LogP contribution in [0.5, 0.6) is 5.75 Å². The number of benzene rings is 1. The summed E-state index contributed by atoms with van der Waals surface area (Å²) in [5.74, 6) is 3.35. The van der Waals surface area contributed by atoms with E-state index in [4.69, 9.17) is 13.6 Å². The Hall–Kier alpha value is -3.33. The number of ether oxygens (including phenoxy) is 1. The third kappa shape index (κ3) is 4.57. The van der Waals surface area contributed by atoms with Gasteiger partial charge in [-0.15, -0.1) is 27.0 Å².